The first kappa shape index (κ1) is 15.9. The first-order chi connectivity index (χ1) is 11.1. The van der Waals surface area contributed by atoms with E-state index >= 15 is 0 Å². The minimum Gasteiger partial charge on any atom is -0.497 e. The Bertz CT molecular complexity index is 660. The molecule has 0 aliphatic heterocycles. The van der Waals surface area contributed by atoms with Crippen LogP contribution in [0, 0.1) is 12.8 Å². The predicted molar refractivity (Wildman–Crippen MR) is 89.8 cm³/mol. The molecule has 1 aromatic carbocycles. The summed E-state index contributed by atoms with van der Waals surface area (Å²) in [5.74, 6) is 2.44. The number of hydrogen-bond donors (Lipinski definition) is 1. The van der Waals surface area contributed by atoms with E-state index in [2.05, 4.69) is 22.5 Å². The number of benzene rings is 1. The van der Waals surface area contributed by atoms with Gasteiger partial charge < -0.3 is 14.8 Å². The molecule has 1 saturated carbocycles. The molecular weight excluding hydrogens is 290 g/mol. The molecule has 0 bridgehead atoms. The van der Waals surface area contributed by atoms with Crippen LogP contribution < -0.4 is 14.8 Å². The topological polar surface area (TPSA) is 48.3 Å². The molecule has 1 aliphatic rings. The molecule has 0 saturated heterocycles. The van der Waals surface area contributed by atoms with Gasteiger partial charge in [0.1, 0.15) is 5.75 Å². The van der Waals surface area contributed by atoms with E-state index in [4.69, 9.17) is 9.47 Å². The van der Waals surface area contributed by atoms with Crippen molar-refractivity contribution in [2.75, 3.05) is 14.2 Å². The molecule has 3 rings (SSSR count). The molecule has 5 heteroatoms. The summed E-state index contributed by atoms with van der Waals surface area (Å²) >= 11 is 0. The van der Waals surface area contributed by atoms with Gasteiger partial charge in [-0.2, -0.15) is 5.10 Å². The van der Waals surface area contributed by atoms with E-state index in [0.29, 0.717) is 12.0 Å². The molecular formula is C18H25N3O2. The zero-order valence-electron chi connectivity index (χ0n) is 14.3. The van der Waals surface area contributed by atoms with E-state index in [1.165, 1.54) is 18.4 Å². The summed E-state index contributed by atoms with van der Waals surface area (Å²) < 4.78 is 12.5. The number of ether oxygens (including phenoxy) is 2. The van der Waals surface area contributed by atoms with Gasteiger partial charge in [-0.05, 0) is 43.4 Å². The highest BCUT2D eigenvalue weighted by Crippen LogP contribution is 2.41. The van der Waals surface area contributed by atoms with Gasteiger partial charge in [-0.1, -0.05) is 12.1 Å². The molecule has 1 fully saturated rings. The maximum atomic E-state index is 5.49. The Morgan fingerprint density at radius 1 is 1.22 bits per heavy atom. The number of rotatable bonds is 7. The molecule has 0 amide bonds. The minimum absolute atomic E-state index is 0.366. The quantitative estimate of drug-likeness (QED) is 0.853. The second-order valence-electron chi connectivity index (χ2n) is 6.17. The second-order valence-corrected chi connectivity index (χ2v) is 6.17. The van der Waals surface area contributed by atoms with Crippen LogP contribution >= 0.6 is 0 Å². The van der Waals surface area contributed by atoms with Gasteiger partial charge in [-0.3, -0.25) is 0 Å². The van der Waals surface area contributed by atoms with E-state index in [1.54, 1.807) is 18.9 Å². The summed E-state index contributed by atoms with van der Waals surface area (Å²) in [6, 6.07) is 8.74. The first-order valence-electron chi connectivity index (χ1n) is 8.07. The van der Waals surface area contributed by atoms with Gasteiger partial charge in [-0.15, -0.1) is 0 Å². The Balaban J connectivity index is 1.76. The van der Waals surface area contributed by atoms with E-state index in [-0.39, 0.29) is 0 Å². The lowest BCUT2D eigenvalue weighted by atomic mass is 10.0. The Labute approximate surface area is 137 Å². The third-order valence-electron chi connectivity index (χ3n) is 4.55. The Morgan fingerprint density at radius 2 is 1.91 bits per heavy atom. The standard InChI is InChI=1S/C18H25N3O2/c1-12-16(18(23-4)21(2)20-12)11-19-17(13-5-6-13)14-7-9-15(22-3)10-8-14/h7-10,13,17,19H,5-6,11H2,1-4H3. The molecule has 1 atom stereocenters. The fourth-order valence-electron chi connectivity index (χ4n) is 3.15. The van der Waals surface area contributed by atoms with Crippen LogP contribution in [0.5, 0.6) is 11.6 Å². The summed E-state index contributed by atoms with van der Waals surface area (Å²) in [6.07, 6.45) is 2.57. The van der Waals surface area contributed by atoms with Crippen molar-refractivity contribution in [3.8, 4) is 11.6 Å². The van der Waals surface area contributed by atoms with Crippen molar-refractivity contribution in [2.24, 2.45) is 13.0 Å². The summed E-state index contributed by atoms with van der Waals surface area (Å²) in [6.45, 7) is 2.79. The maximum Gasteiger partial charge on any atom is 0.216 e. The molecule has 2 aromatic rings. The van der Waals surface area contributed by atoms with Crippen LogP contribution in [0.15, 0.2) is 24.3 Å². The van der Waals surface area contributed by atoms with Crippen molar-refractivity contribution >= 4 is 0 Å². The van der Waals surface area contributed by atoms with Gasteiger partial charge >= 0.3 is 0 Å². The lowest BCUT2D eigenvalue weighted by Gasteiger charge is -2.19. The normalized spacial score (nSPS) is 15.5. The highest BCUT2D eigenvalue weighted by molar-refractivity contribution is 5.33. The van der Waals surface area contributed by atoms with Crippen molar-refractivity contribution in [2.45, 2.75) is 32.4 Å². The van der Waals surface area contributed by atoms with E-state index in [0.717, 1.165) is 29.4 Å². The Hall–Kier alpha value is -2.01. The second kappa shape index (κ2) is 6.62. The highest BCUT2D eigenvalue weighted by atomic mass is 16.5. The molecule has 1 heterocycles. The molecule has 1 aromatic heterocycles. The molecule has 0 spiro atoms. The lowest BCUT2D eigenvalue weighted by molar-refractivity contribution is 0.365. The third kappa shape index (κ3) is 3.34. The zero-order chi connectivity index (χ0) is 16.4. The Morgan fingerprint density at radius 3 is 2.48 bits per heavy atom. The van der Waals surface area contributed by atoms with Gasteiger partial charge in [0.05, 0.1) is 25.5 Å². The molecule has 1 N–H and O–H groups in total. The number of hydrogen-bond acceptors (Lipinski definition) is 4. The van der Waals surface area contributed by atoms with Crippen molar-refractivity contribution in [3.05, 3.63) is 41.1 Å². The largest absolute Gasteiger partial charge is 0.497 e. The molecule has 1 unspecified atom stereocenters. The summed E-state index contributed by atoms with van der Waals surface area (Å²) in [7, 11) is 5.31. The highest BCUT2D eigenvalue weighted by Gasteiger charge is 2.32. The fourth-order valence-corrected chi connectivity index (χ4v) is 3.15. The maximum absolute atomic E-state index is 5.49. The monoisotopic (exact) mass is 315 g/mol. The van der Waals surface area contributed by atoms with Crippen molar-refractivity contribution in [1.29, 1.82) is 0 Å². The number of aromatic nitrogens is 2. The van der Waals surface area contributed by atoms with Crippen LogP contribution in [-0.4, -0.2) is 24.0 Å². The van der Waals surface area contributed by atoms with E-state index < -0.39 is 0 Å². The van der Waals surface area contributed by atoms with Crippen LogP contribution in [0.1, 0.15) is 35.7 Å². The van der Waals surface area contributed by atoms with Crippen LogP contribution in [0.25, 0.3) is 0 Å². The number of methoxy groups -OCH3 is 2. The van der Waals surface area contributed by atoms with Crippen LogP contribution in [0.4, 0.5) is 0 Å². The van der Waals surface area contributed by atoms with Crippen molar-refractivity contribution in [1.82, 2.24) is 15.1 Å². The minimum atomic E-state index is 0.366. The van der Waals surface area contributed by atoms with E-state index in [9.17, 15) is 0 Å². The molecule has 124 valence electrons. The third-order valence-corrected chi connectivity index (χ3v) is 4.55. The van der Waals surface area contributed by atoms with Gasteiger partial charge in [0.25, 0.3) is 0 Å². The smallest absolute Gasteiger partial charge is 0.216 e. The molecule has 0 radical (unpaired) electrons. The van der Waals surface area contributed by atoms with Crippen LogP contribution in [-0.2, 0) is 13.6 Å². The average Bonchev–Trinajstić information content (AvgIpc) is 3.35. The van der Waals surface area contributed by atoms with Gasteiger partial charge in [-0.25, -0.2) is 4.68 Å². The van der Waals surface area contributed by atoms with Crippen LogP contribution in [0.2, 0.25) is 0 Å². The summed E-state index contributed by atoms with van der Waals surface area (Å²) in [5.41, 5.74) is 3.46. The number of aryl methyl sites for hydroxylation is 2. The van der Waals surface area contributed by atoms with Gasteiger partial charge in [0.15, 0.2) is 0 Å². The van der Waals surface area contributed by atoms with Crippen LogP contribution in [0.3, 0.4) is 0 Å². The number of nitrogens with one attached hydrogen (secondary N) is 1. The van der Waals surface area contributed by atoms with E-state index in [1.807, 2.05) is 26.1 Å². The molecule has 5 nitrogen and oxygen atoms in total. The zero-order valence-corrected chi connectivity index (χ0v) is 14.3. The summed E-state index contributed by atoms with van der Waals surface area (Å²) in [5, 5.41) is 8.16. The predicted octanol–water partition coefficient (Wildman–Crippen LogP) is 2.99. The molecule has 1 aliphatic carbocycles. The average molecular weight is 315 g/mol. The summed E-state index contributed by atoms with van der Waals surface area (Å²) in [4.78, 5) is 0. The Kier molecular flexibility index (Phi) is 4.57. The lowest BCUT2D eigenvalue weighted by Crippen LogP contribution is -2.23. The number of nitrogens with zero attached hydrogens (tertiary/aromatic N) is 2. The van der Waals surface area contributed by atoms with Gasteiger partial charge in [0.2, 0.25) is 5.88 Å². The molecule has 23 heavy (non-hydrogen) atoms. The first-order valence-corrected chi connectivity index (χ1v) is 8.07. The van der Waals surface area contributed by atoms with Crippen molar-refractivity contribution < 1.29 is 9.47 Å². The SMILES string of the molecule is COc1ccc(C(NCc2c(C)nn(C)c2OC)C2CC2)cc1. The van der Waals surface area contributed by atoms with Gasteiger partial charge in [0, 0.05) is 19.6 Å². The van der Waals surface area contributed by atoms with Crippen molar-refractivity contribution in [3.63, 3.8) is 0 Å². The fraction of sp³-hybridized carbons (Fsp3) is 0.500.